The highest BCUT2D eigenvalue weighted by Gasteiger charge is 2.33. The molecule has 1 aromatic rings. The van der Waals surface area contributed by atoms with Crippen molar-refractivity contribution in [2.45, 2.75) is 58.4 Å². The van der Waals surface area contributed by atoms with Crippen LogP contribution >= 0.6 is 15.9 Å². The Hall–Kier alpha value is -1.03. The van der Waals surface area contributed by atoms with Gasteiger partial charge in [-0.25, -0.2) is 4.79 Å². The van der Waals surface area contributed by atoms with Gasteiger partial charge in [-0.2, -0.15) is 0 Å². The van der Waals surface area contributed by atoms with Gasteiger partial charge in [0.2, 0.25) is 0 Å². The Kier molecular flexibility index (Phi) is 7.23. The summed E-state index contributed by atoms with van der Waals surface area (Å²) in [6.45, 7) is 6.84. The average Bonchev–Trinajstić information content (AvgIpc) is 2.41. The highest BCUT2D eigenvalue weighted by atomic mass is 79.9. The number of benzene rings is 1. The van der Waals surface area contributed by atoms with E-state index in [2.05, 4.69) is 36.7 Å². The van der Waals surface area contributed by atoms with Gasteiger partial charge in [0.15, 0.2) is 0 Å². The molecule has 0 unspecified atom stereocenters. The third kappa shape index (κ3) is 5.03. The maximum Gasteiger partial charge on any atom is 0.407 e. The Labute approximate surface area is 136 Å². The molecule has 21 heavy (non-hydrogen) atoms. The molecule has 0 heterocycles. The average molecular weight is 356 g/mol. The van der Waals surface area contributed by atoms with Gasteiger partial charge in [0.05, 0.1) is 0 Å². The third-order valence-electron chi connectivity index (χ3n) is 4.02. The second-order valence-corrected chi connectivity index (χ2v) is 6.63. The zero-order chi connectivity index (χ0) is 15.9. The Balaban J connectivity index is 2.86. The van der Waals surface area contributed by atoms with E-state index in [0.29, 0.717) is 6.54 Å². The van der Waals surface area contributed by atoms with Crippen molar-refractivity contribution >= 4 is 22.0 Å². The summed E-state index contributed by atoms with van der Waals surface area (Å²) in [7, 11) is 0. The maximum atomic E-state index is 11.7. The van der Waals surface area contributed by atoms with Gasteiger partial charge in [-0.05, 0) is 37.8 Å². The molecule has 0 atom stereocenters. The first-order valence-corrected chi connectivity index (χ1v) is 8.48. The van der Waals surface area contributed by atoms with Crippen molar-refractivity contribution in [3.8, 4) is 0 Å². The molecular formula is C17H26BrNO2. The lowest BCUT2D eigenvalue weighted by Crippen LogP contribution is -2.50. The molecule has 0 fully saturated rings. The lowest BCUT2D eigenvalue weighted by Gasteiger charge is -2.40. The van der Waals surface area contributed by atoms with Gasteiger partial charge in [-0.1, -0.05) is 60.8 Å². The van der Waals surface area contributed by atoms with E-state index in [4.69, 9.17) is 0 Å². The van der Waals surface area contributed by atoms with Gasteiger partial charge in [0.1, 0.15) is 0 Å². The van der Waals surface area contributed by atoms with Crippen LogP contribution in [0.4, 0.5) is 4.79 Å². The van der Waals surface area contributed by atoms with E-state index in [1.807, 2.05) is 24.3 Å². The molecule has 1 aromatic carbocycles. The highest BCUT2D eigenvalue weighted by molar-refractivity contribution is 9.10. The maximum absolute atomic E-state index is 11.7. The van der Waals surface area contributed by atoms with Gasteiger partial charge in [-0.15, -0.1) is 0 Å². The molecule has 1 rings (SSSR count). The minimum absolute atomic E-state index is 0.267. The Morgan fingerprint density at radius 1 is 1.24 bits per heavy atom. The van der Waals surface area contributed by atoms with Crippen molar-refractivity contribution in [3.05, 3.63) is 34.3 Å². The van der Waals surface area contributed by atoms with E-state index >= 15 is 0 Å². The number of halogens is 1. The van der Waals surface area contributed by atoms with E-state index in [1.54, 1.807) is 4.90 Å². The van der Waals surface area contributed by atoms with Gasteiger partial charge in [0.25, 0.3) is 0 Å². The summed E-state index contributed by atoms with van der Waals surface area (Å²) in [6.07, 6.45) is 3.72. The number of carbonyl (C=O) groups is 1. The molecule has 1 amide bonds. The molecule has 0 radical (unpaired) electrons. The third-order valence-corrected chi connectivity index (χ3v) is 4.80. The fourth-order valence-corrected chi connectivity index (χ4v) is 3.48. The molecule has 0 saturated carbocycles. The fourth-order valence-electron chi connectivity index (χ4n) is 3.00. The van der Waals surface area contributed by atoms with E-state index in [0.717, 1.165) is 42.1 Å². The Morgan fingerprint density at radius 2 is 1.81 bits per heavy atom. The number of nitrogens with zero attached hydrogens (tertiary/aromatic N) is 1. The Morgan fingerprint density at radius 3 is 2.29 bits per heavy atom. The standard InChI is InChI=1S/C17H26BrNO2/c1-4-11-17(3,12-5-2)19(16(20)21)13-10-14-8-6-7-9-15(14)18/h6-9H,4-5,10-13H2,1-3H3,(H,20,21). The molecule has 0 aliphatic rings. The van der Waals surface area contributed by atoms with Crippen LogP contribution in [0.3, 0.4) is 0 Å². The predicted molar refractivity (Wildman–Crippen MR) is 90.8 cm³/mol. The SMILES string of the molecule is CCCC(C)(CCC)N(CCc1ccccc1Br)C(=O)O. The van der Waals surface area contributed by atoms with Crippen molar-refractivity contribution in [1.82, 2.24) is 4.90 Å². The fraction of sp³-hybridized carbons (Fsp3) is 0.588. The molecule has 3 nitrogen and oxygen atoms in total. The van der Waals surface area contributed by atoms with Crippen LogP contribution in [0.1, 0.15) is 52.0 Å². The minimum Gasteiger partial charge on any atom is -0.465 e. The zero-order valence-corrected chi connectivity index (χ0v) is 14.8. The normalized spacial score (nSPS) is 11.4. The summed E-state index contributed by atoms with van der Waals surface area (Å²) in [5.41, 5.74) is 0.885. The predicted octanol–water partition coefficient (Wildman–Crippen LogP) is 5.33. The van der Waals surface area contributed by atoms with Crippen molar-refractivity contribution < 1.29 is 9.90 Å². The van der Waals surface area contributed by atoms with Crippen LogP contribution in [0, 0.1) is 0 Å². The van der Waals surface area contributed by atoms with Crippen LogP contribution in [-0.2, 0) is 6.42 Å². The van der Waals surface area contributed by atoms with Gasteiger partial charge in [-0.3, -0.25) is 0 Å². The van der Waals surface area contributed by atoms with Gasteiger partial charge < -0.3 is 10.0 Å². The largest absolute Gasteiger partial charge is 0.465 e. The highest BCUT2D eigenvalue weighted by Crippen LogP contribution is 2.28. The number of rotatable bonds is 8. The number of hydrogen-bond acceptors (Lipinski definition) is 1. The first-order valence-electron chi connectivity index (χ1n) is 7.68. The molecule has 0 aliphatic carbocycles. The lowest BCUT2D eigenvalue weighted by atomic mass is 9.88. The first-order chi connectivity index (χ1) is 9.94. The molecule has 0 spiro atoms. The first kappa shape index (κ1) is 18.0. The second-order valence-electron chi connectivity index (χ2n) is 5.77. The van der Waals surface area contributed by atoms with Crippen LogP contribution in [0.15, 0.2) is 28.7 Å². The number of hydrogen-bond donors (Lipinski definition) is 1. The Bertz CT molecular complexity index is 456. The van der Waals surface area contributed by atoms with Crippen molar-refractivity contribution in [2.24, 2.45) is 0 Å². The second kappa shape index (κ2) is 8.42. The molecular weight excluding hydrogens is 330 g/mol. The quantitative estimate of drug-likeness (QED) is 0.684. The van der Waals surface area contributed by atoms with Gasteiger partial charge in [0, 0.05) is 16.6 Å². The van der Waals surface area contributed by atoms with Gasteiger partial charge >= 0.3 is 6.09 Å². The molecule has 1 N–H and O–H groups in total. The van der Waals surface area contributed by atoms with Crippen LogP contribution in [0.2, 0.25) is 0 Å². The molecule has 0 saturated heterocycles. The zero-order valence-electron chi connectivity index (χ0n) is 13.2. The van der Waals surface area contributed by atoms with E-state index in [1.165, 1.54) is 0 Å². The molecule has 4 heteroatoms. The van der Waals surface area contributed by atoms with E-state index < -0.39 is 6.09 Å². The van der Waals surface area contributed by atoms with Crippen LogP contribution in [-0.4, -0.2) is 28.2 Å². The van der Waals surface area contributed by atoms with Crippen molar-refractivity contribution in [1.29, 1.82) is 0 Å². The van der Waals surface area contributed by atoms with Crippen LogP contribution in [0.25, 0.3) is 0 Å². The number of carboxylic acid groups (broad SMARTS) is 1. The lowest BCUT2D eigenvalue weighted by molar-refractivity contribution is 0.0729. The van der Waals surface area contributed by atoms with Crippen LogP contribution in [0.5, 0.6) is 0 Å². The molecule has 0 bridgehead atoms. The smallest absolute Gasteiger partial charge is 0.407 e. The summed E-state index contributed by atoms with van der Waals surface area (Å²) in [5, 5.41) is 9.62. The monoisotopic (exact) mass is 355 g/mol. The summed E-state index contributed by atoms with van der Waals surface area (Å²) in [6, 6.07) is 8.00. The molecule has 0 aliphatic heterocycles. The number of amides is 1. The summed E-state index contributed by atoms with van der Waals surface area (Å²) < 4.78 is 1.04. The van der Waals surface area contributed by atoms with E-state index in [9.17, 15) is 9.90 Å². The van der Waals surface area contributed by atoms with Crippen LogP contribution < -0.4 is 0 Å². The summed E-state index contributed by atoms with van der Waals surface area (Å²) >= 11 is 3.53. The van der Waals surface area contributed by atoms with E-state index in [-0.39, 0.29) is 5.54 Å². The topological polar surface area (TPSA) is 40.5 Å². The van der Waals surface area contributed by atoms with Crippen molar-refractivity contribution in [2.75, 3.05) is 6.54 Å². The summed E-state index contributed by atoms with van der Waals surface area (Å²) in [5.74, 6) is 0. The molecule has 0 aromatic heterocycles. The van der Waals surface area contributed by atoms with Crippen molar-refractivity contribution in [3.63, 3.8) is 0 Å². The summed E-state index contributed by atoms with van der Waals surface area (Å²) in [4.78, 5) is 13.4. The minimum atomic E-state index is -0.813. The molecule has 118 valence electrons.